The smallest absolute Gasteiger partial charge is 0.312 e. The number of methoxy groups -OCH3 is 2. The standard InChI is InChI=1S/C41H51NO12/c1-19-14-13-15-20(2)39(47)42-26-18-27(44)29-30(32(26)45)36(49-12)24(6)37-31(29)38(46)41(10,54-37)50-17-16-28(48-11)21(3)34(51-25(7)43)23(5)35-22(4)33(19)52-40(8,9)53-35/h13-19,21-23,28,33-35H,1-12H3,(H,42,47)/t19-,21-,22+,23+,28-,33+,34+,35-,41-/m0/s1. The molecule has 5 aliphatic rings. The first-order valence-electron chi connectivity index (χ1n) is 18.1. The second kappa shape index (κ2) is 15.3. The van der Waals surface area contributed by atoms with Crippen molar-refractivity contribution in [2.24, 2.45) is 23.7 Å². The fourth-order valence-corrected chi connectivity index (χ4v) is 7.95. The van der Waals surface area contributed by atoms with E-state index in [0.29, 0.717) is 5.56 Å². The van der Waals surface area contributed by atoms with E-state index < -0.39 is 65.0 Å². The molecule has 0 radical (unpaired) electrons. The maximum absolute atomic E-state index is 14.1. The number of carbonyl (C=O) groups excluding carboxylic acids is 5. The molecule has 4 aliphatic heterocycles. The Labute approximate surface area is 316 Å². The van der Waals surface area contributed by atoms with E-state index in [4.69, 9.17) is 33.2 Å². The number of nitrogens with one attached hydrogen (secondary N) is 1. The van der Waals surface area contributed by atoms with Gasteiger partial charge in [-0.15, -0.1) is 0 Å². The van der Waals surface area contributed by atoms with E-state index in [1.165, 1.54) is 34.3 Å². The third kappa shape index (κ3) is 7.41. The third-order valence-corrected chi connectivity index (χ3v) is 10.7. The second-order valence-electron chi connectivity index (χ2n) is 15.2. The number of amides is 1. The molecule has 4 heterocycles. The molecule has 1 aliphatic carbocycles. The van der Waals surface area contributed by atoms with Crippen molar-refractivity contribution in [3.8, 4) is 11.5 Å². The van der Waals surface area contributed by atoms with Crippen molar-refractivity contribution in [3.05, 3.63) is 70.2 Å². The average molecular weight is 750 g/mol. The van der Waals surface area contributed by atoms with Crippen LogP contribution in [0.5, 0.6) is 11.5 Å². The summed E-state index contributed by atoms with van der Waals surface area (Å²) in [4.78, 5) is 67.7. The van der Waals surface area contributed by atoms with Gasteiger partial charge in [-0.1, -0.05) is 45.9 Å². The molecule has 1 aromatic rings. The van der Waals surface area contributed by atoms with Gasteiger partial charge in [-0.05, 0) is 33.8 Å². The van der Waals surface area contributed by atoms with Gasteiger partial charge in [0, 0.05) is 61.8 Å². The summed E-state index contributed by atoms with van der Waals surface area (Å²) >= 11 is 0. The van der Waals surface area contributed by atoms with Crippen molar-refractivity contribution in [1.29, 1.82) is 0 Å². The van der Waals surface area contributed by atoms with Crippen LogP contribution in [0.1, 0.15) is 99.0 Å². The SMILES string of the molecule is COc1c(C)c2c3c4c1C(=O)C(=CC4=O)NC(=O)C(C)=CC=C[C@H](C)[C@H]1OC(C)(C)O[C@H]([C@H](C)[C@H](OC(C)=O)[C@@H](C)[C@@H](OC)C=CO[C@@](C)(O2)C3=O)[C@@H]1C. The number of ether oxygens (including phenoxy) is 7. The van der Waals surface area contributed by atoms with Gasteiger partial charge in [0.15, 0.2) is 11.6 Å². The van der Waals surface area contributed by atoms with E-state index in [9.17, 15) is 24.0 Å². The van der Waals surface area contributed by atoms with Gasteiger partial charge in [-0.3, -0.25) is 24.0 Å². The lowest BCUT2D eigenvalue weighted by Gasteiger charge is -2.50. The summed E-state index contributed by atoms with van der Waals surface area (Å²) in [6.45, 7) is 17.5. The molecule has 1 amide bonds. The monoisotopic (exact) mass is 749 g/mol. The minimum absolute atomic E-state index is 0.0250. The number of rotatable bonds is 3. The van der Waals surface area contributed by atoms with E-state index in [0.717, 1.165) is 6.08 Å². The molecule has 1 fully saturated rings. The normalized spacial score (nSPS) is 32.6. The molecule has 1 aromatic carbocycles. The summed E-state index contributed by atoms with van der Waals surface area (Å²) in [6.07, 6.45) is 7.04. The van der Waals surface area contributed by atoms with Gasteiger partial charge in [0.05, 0.1) is 54.1 Å². The number of hydrogen-bond acceptors (Lipinski definition) is 12. The van der Waals surface area contributed by atoms with Crippen LogP contribution < -0.4 is 14.8 Å². The quantitative estimate of drug-likeness (QED) is 0.374. The molecule has 1 N–H and O–H groups in total. The molecule has 7 bridgehead atoms. The van der Waals surface area contributed by atoms with E-state index in [2.05, 4.69) is 5.32 Å². The van der Waals surface area contributed by atoms with Gasteiger partial charge < -0.3 is 38.5 Å². The van der Waals surface area contributed by atoms with Gasteiger partial charge in [0.1, 0.15) is 17.6 Å². The summed E-state index contributed by atoms with van der Waals surface area (Å²) in [5.74, 6) is -7.13. The van der Waals surface area contributed by atoms with E-state index in [1.54, 1.807) is 32.1 Å². The van der Waals surface area contributed by atoms with Crippen LogP contribution in [0.15, 0.2) is 47.9 Å². The number of fused-ring (bicyclic) bond motifs is 10. The first-order valence-corrected chi connectivity index (χ1v) is 18.1. The summed E-state index contributed by atoms with van der Waals surface area (Å²) in [6, 6.07) is 0. The van der Waals surface area contributed by atoms with E-state index in [1.807, 2.05) is 47.6 Å². The average Bonchev–Trinajstić information content (AvgIpc) is 3.37. The zero-order chi connectivity index (χ0) is 40.0. The van der Waals surface area contributed by atoms with Crippen LogP contribution in [0.25, 0.3) is 0 Å². The van der Waals surface area contributed by atoms with Crippen molar-refractivity contribution in [2.45, 2.75) is 105 Å². The van der Waals surface area contributed by atoms with Crippen molar-refractivity contribution in [2.75, 3.05) is 14.2 Å². The molecule has 0 unspecified atom stereocenters. The number of esters is 1. The van der Waals surface area contributed by atoms with Gasteiger partial charge in [0.2, 0.25) is 5.78 Å². The van der Waals surface area contributed by atoms with Crippen LogP contribution in [0, 0.1) is 30.6 Å². The summed E-state index contributed by atoms with van der Waals surface area (Å²) < 4.78 is 42.5. The highest BCUT2D eigenvalue weighted by Crippen LogP contribution is 2.48. The fourth-order valence-electron chi connectivity index (χ4n) is 7.95. The minimum atomic E-state index is -1.94. The van der Waals surface area contributed by atoms with Crippen LogP contribution in [-0.4, -0.2) is 79.4 Å². The Morgan fingerprint density at radius 3 is 2.17 bits per heavy atom. The minimum Gasteiger partial charge on any atom is -0.496 e. The highest BCUT2D eigenvalue weighted by atomic mass is 16.7. The Morgan fingerprint density at radius 1 is 0.870 bits per heavy atom. The molecule has 6 rings (SSSR count). The molecule has 1 saturated heterocycles. The third-order valence-electron chi connectivity index (χ3n) is 10.7. The molecular weight excluding hydrogens is 698 g/mol. The van der Waals surface area contributed by atoms with Crippen molar-refractivity contribution in [1.82, 2.24) is 5.32 Å². The van der Waals surface area contributed by atoms with E-state index >= 15 is 0 Å². The number of allylic oxidation sites excluding steroid dienone is 4. The lowest BCUT2D eigenvalue weighted by atomic mass is 9.77. The maximum Gasteiger partial charge on any atom is 0.312 e. The molecule has 9 atom stereocenters. The molecule has 54 heavy (non-hydrogen) atoms. The number of carbonyl (C=O) groups is 5. The summed E-state index contributed by atoms with van der Waals surface area (Å²) in [7, 11) is 2.84. The van der Waals surface area contributed by atoms with Gasteiger partial charge in [0.25, 0.3) is 11.7 Å². The van der Waals surface area contributed by atoms with Crippen molar-refractivity contribution >= 4 is 29.2 Å². The second-order valence-corrected chi connectivity index (χ2v) is 15.2. The number of benzene rings is 1. The molecule has 292 valence electrons. The maximum atomic E-state index is 14.1. The topological polar surface area (TPSA) is 162 Å². The molecule has 0 saturated carbocycles. The molecule has 0 spiro atoms. The Kier molecular flexibility index (Phi) is 11.5. The highest BCUT2D eigenvalue weighted by Gasteiger charge is 2.52. The Hall–Kier alpha value is -4.59. The molecule has 13 heteroatoms. The van der Waals surface area contributed by atoms with Gasteiger partial charge >= 0.3 is 11.8 Å². The van der Waals surface area contributed by atoms with Crippen molar-refractivity contribution < 1.29 is 57.1 Å². The zero-order valence-corrected chi connectivity index (χ0v) is 33.0. The zero-order valence-electron chi connectivity index (χ0n) is 33.0. The van der Waals surface area contributed by atoms with E-state index in [-0.39, 0.29) is 63.3 Å². The first-order chi connectivity index (χ1) is 25.3. The Bertz CT molecular complexity index is 1870. The highest BCUT2D eigenvalue weighted by molar-refractivity contribution is 6.31. The van der Waals surface area contributed by atoms with Crippen LogP contribution in [-0.2, 0) is 33.3 Å². The van der Waals surface area contributed by atoms with Crippen LogP contribution >= 0.6 is 0 Å². The lowest BCUT2D eigenvalue weighted by Crippen LogP contribution is -2.56. The largest absolute Gasteiger partial charge is 0.496 e. The predicted octanol–water partition coefficient (Wildman–Crippen LogP) is 5.73. The van der Waals surface area contributed by atoms with Gasteiger partial charge in [-0.25, -0.2) is 0 Å². The lowest BCUT2D eigenvalue weighted by molar-refractivity contribution is -0.336. The summed E-state index contributed by atoms with van der Waals surface area (Å²) in [5, 5.41) is 2.57. The summed E-state index contributed by atoms with van der Waals surface area (Å²) in [5.41, 5.74) is -0.202. The first kappa shape index (κ1) is 40.6. The Balaban J connectivity index is 1.63. The van der Waals surface area contributed by atoms with Crippen molar-refractivity contribution in [3.63, 3.8) is 0 Å². The number of Topliss-reactive ketones (excluding diaryl/α,β-unsaturated/α-hetero) is 2. The Morgan fingerprint density at radius 2 is 1.54 bits per heavy atom. The number of ketones is 3. The van der Waals surface area contributed by atoms with Gasteiger partial charge in [-0.2, -0.15) is 0 Å². The van der Waals surface area contributed by atoms with Crippen LogP contribution in [0.2, 0.25) is 0 Å². The number of hydrogen-bond donors (Lipinski definition) is 1. The molecule has 13 nitrogen and oxygen atoms in total. The fraction of sp³-hybridized carbons (Fsp3) is 0.537. The predicted molar refractivity (Wildman–Crippen MR) is 196 cm³/mol. The molecular formula is C41H51NO12. The van der Waals surface area contributed by atoms with Crippen LogP contribution in [0.3, 0.4) is 0 Å². The molecule has 0 aromatic heterocycles. The van der Waals surface area contributed by atoms with Crippen LogP contribution in [0.4, 0.5) is 0 Å².